The van der Waals surface area contributed by atoms with Crippen LogP contribution >= 0.6 is 34.3 Å². The summed E-state index contributed by atoms with van der Waals surface area (Å²) < 4.78 is 0. The molecule has 11 heavy (non-hydrogen) atoms. The first-order chi connectivity index (χ1) is 5.38. The first-order valence-electron chi connectivity index (χ1n) is 2.93. The van der Waals surface area contributed by atoms with Crippen molar-refractivity contribution in [2.45, 2.75) is 0 Å². The van der Waals surface area contributed by atoms with Crippen molar-refractivity contribution >= 4 is 34.3 Å². The summed E-state index contributed by atoms with van der Waals surface area (Å²) >= 11 is 9.05. The molecule has 2 rings (SSSR count). The van der Waals surface area contributed by atoms with E-state index in [1.807, 2.05) is 16.8 Å². The molecule has 0 bridgehead atoms. The van der Waals surface area contributed by atoms with Crippen LogP contribution in [0.4, 0.5) is 0 Å². The molecule has 0 atom stereocenters. The third-order valence-electron chi connectivity index (χ3n) is 1.20. The highest BCUT2D eigenvalue weighted by Gasteiger charge is 2.05. The van der Waals surface area contributed by atoms with Crippen molar-refractivity contribution in [1.82, 2.24) is 4.98 Å². The Morgan fingerprint density at radius 3 is 2.91 bits per heavy atom. The summed E-state index contributed by atoms with van der Waals surface area (Å²) in [6, 6.07) is 1.88. The molecular weight excluding hydrogens is 198 g/mol. The maximum Gasteiger partial charge on any atom is 0.135 e. The first-order valence-corrected chi connectivity index (χ1v) is 5.06. The van der Waals surface area contributed by atoms with Gasteiger partial charge in [0, 0.05) is 5.38 Å². The zero-order chi connectivity index (χ0) is 7.68. The van der Waals surface area contributed by atoms with Crippen LogP contribution < -0.4 is 0 Å². The van der Waals surface area contributed by atoms with Crippen LogP contribution in [0.2, 0.25) is 5.02 Å². The van der Waals surface area contributed by atoms with Crippen LogP contribution in [0.5, 0.6) is 0 Å². The molecule has 0 amide bonds. The van der Waals surface area contributed by atoms with E-state index in [1.54, 1.807) is 22.7 Å². The van der Waals surface area contributed by atoms with Crippen molar-refractivity contribution in [3.05, 3.63) is 28.0 Å². The quantitative estimate of drug-likeness (QED) is 0.688. The summed E-state index contributed by atoms with van der Waals surface area (Å²) in [5.41, 5.74) is 0. The molecule has 0 aliphatic heterocycles. The molecule has 1 nitrogen and oxygen atoms in total. The van der Waals surface area contributed by atoms with Gasteiger partial charge in [-0.15, -0.1) is 22.7 Å². The highest BCUT2D eigenvalue weighted by Crippen LogP contribution is 2.33. The SMILES string of the molecule is Clc1ccsc1-c1n[c]cs1. The molecule has 0 fully saturated rings. The number of rotatable bonds is 1. The van der Waals surface area contributed by atoms with Gasteiger partial charge in [0.15, 0.2) is 0 Å². The minimum atomic E-state index is 0.776. The molecule has 4 heteroatoms. The van der Waals surface area contributed by atoms with Crippen molar-refractivity contribution in [2.75, 3.05) is 0 Å². The van der Waals surface area contributed by atoms with E-state index in [1.165, 1.54) is 0 Å². The van der Waals surface area contributed by atoms with Gasteiger partial charge in [-0.05, 0) is 11.4 Å². The lowest BCUT2D eigenvalue weighted by Crippen LogP contribution is -1.67. The summed E-state index contributed by atoms with van der Waals surface area (Å²) in [5, 5.41) is 5.51. The van der Waals surface area contributed by atoms with E-state index >= 15 is 0 Å². The van der Waals surface area contributed by atoms with Crippen LogP contribution in [0.1, 0.15) is 0 Å². The Morgan fingerprint density at radius 2 is 2.36 bits per heavy atom. The van der Waals surface area contributed by atoms with Crippen LogP contribution in [0.15, 0.2) is 16.8 Å². The van der Waals surface area contributed by atoms with Crippen LogP contribution in [-0.2, 0) is 0 Å². The van der Waals surface area contributed by atoms with Gasteiger partial charge in [0.2, 0.25) is 0 Å². The zero-order valence-electron chi connectivity index (χ0n) is 5.37. The van der Waals surface area contributed by atoms with E-state index in [9.17, 15) is 0 Å². The van der Waals surface area contributed by atoms with Crippen LogP contribution in [0.25, 0.3) is 9.88 Å². The molecule has 0 aliphatic carbocycles. The molecule has 0 saturated carbocycles. The van der Waals surface area contributed by atoms with Gasteiger partial charge in [-0.2, -0.15) is 0 Å². The largest absolute Gasteiger partial charge is 0.233 e. The Labute approximate surface area is 77.3 Å². The number of hydrogen-bond donors (Lipinski definition) is 0. The summed E-state index contributed by atoms with van der Waals surface area (Å²) in [5.74, 6) is 0. The van der Waals surface area contributed by atoms with Crippen LogP contribution in [0, 0.1) is 6.20 Å². The van der Waals surface area contributed by atoms with E-state index < -0.39 is 0 Å². The fraction of sp³-hybridized carbons (Fsp3) is 0. The van der Waals surface area contributed by atoms with Gasteiger partial charge in [-0.3, -0.25) is 0 Å². The Morgan fingerprint density at radius 1 is 1.45 bits per heavy atom. The second-order valence-corrected chi connectivity index (χ2v) is 4.06. The number of thiophene rings is 1. The summed E-state index contributed by atoms with van der Waals surface area (Å²) in [7, 11) is 0. The lowest BCUT2D eigenvalue weighted by Gasteiger charge is -1.88. The number of aromatic nitrogens is 1. The van der Waals surface area contributed by atoms with E-state index in [4.69, 9.17) is 11.6 Å². The molecule has 0 aromatic carbocycles. The summed E-state index contributed by atoms with van der Waals surface area (Å²) in [4.78, 5) is 5.08. The second kappa shape index (κ2) is 2.93. The van der Waals surface area contributed by atoms with E-state index in [0.29, 0.717) is 0 Å². The third-order valence-corrected chi connectivity index (χ3v) is 3.42. The molecule has 2 aromatic heterocycles. The normalized spacial score (nSPS) is 10.3. The highest BCUT2D eigenvalue weighted by atomic mass is 35.5. The molecule has 0 saturated heterocycles. The number of nitrogens with zero attached hydrogens (tertiary/aromatic N) is 1. The van der Waals surface area contributed by atoms with Gasteiger partial charge in [-0.1, -0.05) is 11.6 Å². The smallest absolute Gasteiger partial charge is 0.135 e. The van der Waals surface area contributed by atoms with Crippen LogP contribution in [0.3, 0.4) is 0 Å². The molecule has 0 unspecified atom stereocenters. The van der Waals surface area contributed by atoms with Gasteiger partial charge >= 0.3 is 0 Å². The maximum absolute atomic E-state index is 5.89. The molecule has 0 spiro atoms. The van der Waals surface area contributed by atoms with Crippen molar-refractivity contribution in [3.63, 3.8) is 0 Å². The van der Waals surface area contributed by atoms with Crippen molar-refractivity contribution in [1.29, 1.82) is 0 Å². The maximum atomic E-state index is 5.89. The van der Waals surface area contributed by atoms with E-state index in [-0.39, 0.29) is 0 Å². The second-order valence-electron chi connectivity index (χ2n) is 1.88. The predicted octanol–water partition coefficient (Wildman–Crippen LogP) is 3.33. The lowest BCUT2D eigenvalue weighted by molar-refractivity contribution is 1.41. The first kappa shape index (κ1) is 7.28. The standard InChI is InChI=1S/C7H3ClNS2/c8-5-1-3-10-6(5)7-9-2-4-11-7/h1,3-4H. The van der Waals surface area contributed by atoms with Crippen molar-refractivity contribution < 1.29 is 0 Å². The van der Waals surface area contributed by atoms with Crippen molar-refractivity contribution in [2.24, 2.45) is 0 Å². The summed E-state index contributed by atoms with van der Waals surface area (Å²) in [6.45, 7) is 0. The molecular formula is C7H3ClNS2. The minimum Gasteiger partial charge on any atom is -0.233 e. The van der Waals surface area contributed by atoms with E-state index in [2.05, 4.69) is 11.2 Å². The Kier molecular flexibility index (Phi) is 1.94. The van der Waals surface area contributed by atoms with Gasteiger partial charge in [-0.25, -0.2) is 4.98 Å². The zero-order valence-corrected chi connectivity index (χ0v) is 7.76. The third kappa shape index (κ3) is 1.31. The Hall–Kier alpha value is -0.380. The minimum absolute atomic E-state index is 0.776. The molecule has 0 aliphatic rings. The van der Waals surface area contributed by atoms with Gasteiger partial charge in [0.1, 0.15) is 11.2 Å². The lowest BCUT2D eigenvalue weighted by atomic mass is 10.5. The number of hydrogen-bond acceptors (Lipinski definition) is 3. The van der Waals surface area contributed by atoms with Gasteiger partial charge in [0.05, 0.1) is 9.90 Å². The highest BCUT2D eigenvalue weighted by molar-refractivity contribution is 7.20. The van der Waals surface area contributed by atoms with Gasteiger partial charge < -0.3 is 0 Å². The van der Waals surface area contributed by atoms with E-state index in [0.717, 1.165) is 14.9 Å². The average molecular weight is 201 g/mol. The van der Waals surface area contributed by atoms with Gasteiger partial charge in [0.25, 0.3) is 0 Å². The fourth-order valence-corrected chi connectivity index (χ4v) is 2.66. The molecule has 55 valence electrons. The molecule has 2 aromatic rings. The molecule has 1 radical (unpaired) electrons. The Balaban J connectivity index is 2.53. The number of halogens is 1. The average Bonchev–Trinajstić information content (AvgIpc) is 2.55. The Bertz CT molecular complexity index is 339. The predicted molar refractivity (Wildman–Crippen MR) is 49.3 cm³/mol. The molecule has 0 N–H and O–H groups in total. The summed E-state index contributed by atoms with van der Waals surface area (Å²) in [6.07, 6.45) is 2.76. The molecule has 2 heterocycles. The van der Waals surface area contributed by atoms with Crippen LogP contribution in [-0.4, -0.2) is 4.98 Å². The topological polar surface area (TPSA) is 12.9 Å². The number of thiazole rings is 1. The van der Waals surface area contributed by atoms with Crippen molar-refractivity contribution in [3.8, 4) is 9.88 Å². The fourth-order valence-electron chi connectivity index (χ4n) is 0.744. The monoisotopic (exact) mass is 200 g/mol.